The number of nitrogens with one attached hydrogen (secondary N) is 2. The lowest BCUT2D eigenvalue weighted by Crippen LogP contribution is -2.55. The van der Waals surface area contributed by atoms with Crippen LogP contribution in [0.2, 0.25) is 0 Å². The van der Waals surface area contributed by atoms with Gasteiger partial charge in [-0.3, -0.25) is 14.7 Å². The van der Waals surface area contributed by atoms with Crippen molar-refractivity contribution in [2.45, 2.75) is 44.8 Å². The van der Waals surface area contributed by atoms with E-state index in [0.717, 1.165) is 44.1 Å². The fraction of sp³-hybridized carbons (Fsp3) is 0.500. The van der Waals surface area contributed by atoms with Crippen molar-refractivity contribution in [2.24, 2.45) is 11.8 Å². The normalized spacial score (nSPS) is 22.6. The van der Waals surface area contributed by atoms with Crippen LogP contribution in [0.4, 0.5) is 0 Å². The monoisotopic (exact) mass is 464 g/mol. The zero-order valence-corrected chi connectivity index (χ0v) is 19.5. The molecule has 2 aliphatic rings. The number of likely N-dealkylation sites (tertiary alicyclic amines) is 1. The van der Waals surface area contributed by atoms with Gasteiger partial charge in [0.25, 0.3) is 0 Å². The van der Waals surface area contributed by atoms with E-state index < -0.39 is 0 Å². The van der Waals surface area contributed by atoms with Gasteiger partial charge < -0.3 is 10.6 Å². The van der Waals surface area contributed by atoms with E-state index in [2.05, 4.69) is 50.8 Å². The second kappa shape index (κ2) is 13.0. The van der Waals surface area contributed by atoms with Gasteiger partial charge in [0.1, 0.15) is 0 Å². The first-order valence-corrected chi connectivity index (χ1v) is 10.9. The number of amides is 1. The molecule has 2 saturated heterocycles. The van der Waals surface area contributed by atoms with E-state index in [-0.39, 0.29) is 30.7 Å². The molecule has 7 heteroatoms. The Morgan fingerprint density at radius 2 is 1.90 bits per heavy atom. The highest BCUT2D eigenvalue weighted by Crippen LogP contribution is 2.31. The maximum absolute atomic E-state index is 12.2. The van der Waals surface area contributed by atoms with Crippen LogP contribution in [-0.4, -0.2) is 41.5 Å². The van der Waals surface area contributed by atoms with Gasteiger partial charge >= 0.3 is 0 Å². The summed E-state index contributed by atoms with van der Waals surface area (Å²) in [6.07, 6.45) is 5.69. The van der Waals surface area contributed by atoms with Crippen molar-refractivity contribution in [3.63, 3.8) is 0 Å². The van der Waals surface area contributed by atoms with E-state index in [1.54, 1.807) is 6.20 Å². The summed E-state index contributed by atoms with van der Waals surface area (Å²) >= 11 is 0. The Morgan fingerprint density at radius 1 is 1.10 bits per heavy atom. The van der Waals surface area contributed by atoms with Gasteiger partial charge in [-0.05, 0) is 55.3 Å². The predicted octanol–water partition coefficient (Wildman–Crippen LogP) is 3.82. The summed E-state index contributed by atoms with van der Waals surface area (Å²) in [7, 11) is 0. The molecule has 0 radical (unpaired) electrons. The van der Waals surface area contributed by atoms with Gasteiger partial charge in [0.05, 0.1) is 12.2 Å². The molecule has 170 valence electrons. The number of piperidine rings is 2. The first-order valence-electron chi connectivity index (χ1n) is 10.9. The summed E-state index contributed by atoms with van der Waals surface area (Å²) in [4.78, 5) is 19.0. The topological polar surface area (TPSA) is 57.3 Å². The number of carbonyl (C=O) groups is 1. The third-order valence-electron chi connectivity index (χ3n) is 6.24. The smallest absolute Gasteiger partial charge is 0.220 e. The highest BCUT2D eigenvalue weighted by Gasteiger charge is 2.35. The maximum atomic E-state index is 12.2. The van der Waals surface area contributed by atoms with Gasteiger partial charge in [-0.1, -0.05) is 36.4 Å². The second-order valence-electron chi connectivity index (χ2n) is 8.55. The SMILES string of the molecule is Cl.Cl.O=C(CCC[C@H]1NC[C@@H]2C[C@H]1CN(Cc1ccccc1)C2)NCc1ccccn1. The summed E-state index contributed by atoms with van der Waals surface area (Å²) in [5.41, 5.74) is 2.31. The molecule has 31 heavy (non-hydrogen) atoms. The van der Waals surface area contributed by atoms with Gasteiger partial charge in [0.15, 0.2) is 0 Å². The van der Waals surface area contributed by atoms with Gasteiger partial charge in [-0.25, -0.2) is 0 Å². The van der Waals surface area contributed by atoms with E-state index in [4.69, 9.17) is 0 Å². The van der Waals surface area contributed by atoms with Crippen LogP contribution in [0.5, 0.6) is 0 Å². The number of benzene rings is 1. The van der Waals surface area contributed by atoms with E-state index >= 15 is 0 Å². The molecule has 0 aliphatic carbocycles. The van der Waals surface area contributed by atoms with E-state index in [1.165, 1.54) is 18.5 Å². The molecule has 5 nitrogen and oxygen atoms in total. The number of hydrogen-bond acceptors (Lipinski definition) is 4. The highest BCUT2D eigenvalue weighted by atomic mass is 35.5. The molecular weight excluding hydrogens is 431 g/mol. The van der Waals surface area contributed by atoms with Gasteiger partial charge in [0, 0.05) is 38.3 Å². The van der Waals surface area contributed by atoms with Crippen molar-refractivity contribution >= 4 is 30.7 Å². The van der Waals surface area contributed by atoms with Gasteiger partial charge in [-0.15, -0.1) is 24.8 Å². The van der Waals surface area contributed by atoms with E-state index in [0.29, 0.717) is 24.9 Å². The fourth-order valence-electron chi connectivity index (χ4n) is 4.84. The molecule has 0 saturated carbocycles. The minimum atomic E-state index is 0. The average molecular weight is 465 g/mol. The fourth-order valence-corrected chi connectivity index (χ4v) is 4.84. The second-order valence-corrected chi connectivity index (χ2v) is 8.55. The number of pyridine rings is 1. The molecule has 0 spiro atoms. The maximum Gasteiger partial charge on any atom is 0.220 e. The lowest BCUT2D eigenvalue weighted by molar-refractivity contribution is -0.121. The van der Waals surface area contributed by atoms with Crippen LogP contribution >= 0.6 is 24.8 Å². The lowest BCUT2D eigenvalue weighted by Gasteiger charge is -2.46. The van der Waals surface area contributed by atoms with Crippen LogP contribution < -0.4 is 10.6 Å². The zero-order chi connectivity index (χ0) is 19.9. The summed E-state index contributed by atoms with van der Waals surface area (Å²) in [5, 5.41) is 6.75. The number of carbonyl (C=O) groups excluding carboxylic acids is 1. The highest BCUT2D eigenvalue weighted by molar-refractivity contribution is 5.85. The average Bonchev–Trinajstić information content (AvgIpc) is 2.75. The Bertz CT molecular complexity index is 778. The van der Waals surface area contributed by atoms with Crippen LogP contribution in [0.25, 0.3) is 0 Å². The Kier molecular flexibility index (Phi) is 10.7. The molecule has 0 unspecified atom stereocenters. The quantitative estimate of drug-likeness (QED) is 0.623. The molecule has 3 atom stereocenters. The molecule has 4 rings (SSSR count). The van der Waals surface area contributed by atoms with Crippen molar-refractivity contribution in [2.75, 3.05) is 19.6 Å². The molecule has 3 heterocycles. The number of rotatable bonds is 8. The first kappa shape index (κ1) is 25.6. The molecule has 2 fully saturated rings. The number of aromatic nitrogens is 1. The molecule has 2 bridgehead atoms. The number of hydrogen-bond donors (Lipinski definition) is 2. The first-order chi connectivity index (χ1) is 14.3. The molecule has 1 aromatic carbocycles. The standard InChI is InChI=1S/C24H32N4O.2ClH/c29-24(27-15-22-9-4-5-12-25-22)11-6-10-23-21-13-20(14-26-23)17-28(18-21)16-19-7-2-1-3-8-19;;/h1-5,7-9,12,20-21,23,26H,6,10-11,13-18H2,(H,27,29);2*1H/t20-,21-,23+;;/m0../s1. The van der Waals surface area contributed by atoms with Crippen LogP contribution in [-0.2, 0) is 17.9 Å². The summed E-state index contributed by atoms with van der Waals surface area (Å²) < 4.78 is 0. The minimum Gasteiger partial charge on any atom is -0.350 e. The molecule has 2 aliphatic heterocycles. The predicted molar refractivity (Wildman–Crippen MR) is 130 cm³/mol. The van der Waals surface area contributed by atoms with Gasteiger partial charge in [0.2, 0.25) is 5.91 Å². The van der Waals surface area contributed by atoms with Crippen LogP contribution in [0, 0.1) is 11.8 Å². The van der Waals surface area contributed by atoms with Crippen molar-refractivity contribution in [1.29, 1.82) is 0 Å². The van der Waals surface area contributed by atoms with Crippen LogP contribution in [0.1, 0.15) is 36.9 Å². The van der Waals surface area contributed by atoms with Crippen LogP contribution in [0.3, 0.4) is 0 Å². The lowest BCUT2D eigenvalue weighted by atomic mass is 9.79. The van der Waals surface area contributed by atoms with E-state index in [9.17, 15) is 4.79 Å². The molecular formula is C24H34Cl2N4O. The number of halogens is 2. The largest absolute Gasteiger partial charge is 0.350 e. The molecule has 1 aromatic heterocycles. The number of fused-ring (bicyclic) bond motifs is 2. The third kappa shape index (κ3) is 7.76. The third-order valence-corrected chi connectivity index (χ3v) is 6.24. The Balaban J connectivity index is 0.00000171. The molecule has 2 aromatic rings. The van der Waals surface area contributed by atoms with E-state index in [1.807, 2.05) is 18.2 Å². The summed E-state index contributed by atoms with van der Waals surface area (Å²) in [5.74, 6) is 1.58. The Hall–Kier alpha value is -1.66. The Morgan fingerprint density at radius 3 is 2.68 bits per heavy atom. The summed E-state index contributed by atoms with van der Waals surface area (Å²) in [6, 6.07) is 17.1. The molecule has 1 amide bonds. The van der Waals surface area contributed by atoms with Crippen molar-refractivity contribution in [3.05, 3.63) is 66.0 Å². The van der Waals surface area contributed by atoms with Gasteiger partial charge in [-0.2, -0.15) is 0 Å². The molecule has 2 N–H and O–H groups in total. The summed E-state index contributed by atoms with van der Waals surface area (Å²) in [6.45, 7) is 5.03. The zero-order valence-electron chi connectivity index (χ0n) is 17.9. The minimum absolute atomic E-state index is 0. The number of nitrogens with zero attached hydrogens (tertiary/aromatic N) is 2. The van der Waals surface area contributed by atoms with Crippen LogP contribution in [0.15, 0.2) is 54.7 Å². The van der Waals surface area contributed by atoms with Crippen molar-refractivity contribution in [1.82, 2.24) is 20.5 Å². The van der Waals surface area contributed by atoms with Crippen molar-refractivity contribution in [3.8, 4) is 0 Å². The van der Waals surface area contributed by atoms with Crippen molar-refractivity contribution < 1.29 is 4.79 Å². The Labute approximate surface area is 198 Å².